The molecular formula is C20H28O5. The minimum absolute atomic E-state index is 0.122. The summed E-state index contributed by atoms with van der Waals surface area (Å²) >= 11 is 0. The number of rotatable bonds is 3. The van der Waals surface area contributed by atoms with Gasteiger partial charge >= 0.3 is 5.97 Å². The van der Waals surface area contributed by atoms with Gasteiger partial charge in [0.25, 0.3) is 0 Å². The number of aryl methyl sites for hydroxylation is 1. The van der Waals surface area contributed by atoms with Gasteiger partial charge in [0.2, 0.25) is 0 Å². The van der Waals surface area contributed by atoms with Crippen LogP contribution in [-0.2, 0) is 16.0 Å². The van der Waals surface area contributed by atoms with E-state index in [2.05, 4.69) is 0 Å². The average Bonchev–Trinajstić information content (AvgIpc) is 2.96. The number of carbonyl (C=O) groups is 1. The lowest BCUT2D eigenvalue weighted by atomic mass is 9.53. The van der Waals surface area contributed by atoms with Gasteiger partial charge in [0.15, 0.2) is 0 Å². The zero-order valence-corrected chi connectivity index (χ0v) is 15.4. The third-order valence-corrected chi connectivity index (χ3v) is 6.53. The monoisotopic (exact) mass is 348 g/mol. The number of hydrogen-bond acceptors (Lipinski definition) is 5. The maximum atomic E-state index is 12.2. The van der Waals surface area contributed by atoms with Crippen LogP contribution in [0.3, 0.4) is 0 Å². The molecule has 0 radical (unpaired) electrons. The van der Waals surface area contributed by atoms with Gasteiger partial charge in [-0.3, -0.25) is 0 Å². The molecule has 0 spiro atoms. The SMILES string of the molecule is CC=C(C)C(=O)O[C@H]1CC[C@@H]2Cc3occ(C)c3[C@@H](O)[C@]2(C)[C@H]1CO. The average molecular weight is 348 g/mol. The summed E-state index contributed by atoms with van der Waals surface area (Å²) in [6.07, 6.45) is 4.56. The summed E-state index contributed by atoms with van der Waals surface area (Å²) in [5.41, 5.74) is 1.78. The molecule has 2 aliphatic rings. The number of aliphatic hydroxyl groups is 2. The lowest BCUT2D eigenvalue weighted by Gasteiger charge is -2.54. The number of carbonyl (C=O) groups excluding carboxylic acids is 1. The zero-order chi connectivity index (χ0) is 18.4. The molecule has 0 saturated heterocycles. The Balaban J connectivity index is 1.93. The highest BCUT2D eigenvalue weighted by Gasteiger charge is 2.57. The Morgan fingerprint density at radius 1 is 1.48 bits per heavy atom. The van der Waals surface area contributed by atoms with Gasteiger partial charge < -0.3 is 19.4 Å². The summed E-state index contributed by atoms with van der Waals surface area (Å²) in [6.45, 7) is 7.34. The molecule has 0 amide bonds. The lowest BCUT2D eigenvalue weighted by molar-refractivity contribution is -0.177. The van der Waals surface area contributed by atoms with Crippen LogP contribution in [0.1, 0.15) is 56.6 Å². The maximum Gasteiger partial charge on any atom is 0.333 e. The van der Waals surface area contributed by atoms with Crippen molar-refractivity contribution in [2.75, 3.05) is 6.61 Å². The molecule has 1 aromatic rings. The fraction of sp³-hybridized carbons (Fsp3) is 0.650. The van der Waals surface area contributed by atoms with Gasteiger partial charge in [-0.15, -0.1) is 0 Å². The Morgan fingerprint density at radius 2 is 2.20 bits per heavy atom. The molecule has 5 heteroatoms. The number of aliphatic hydroxyl groups excluding tert-OH is 2. The van der Waals surface area contributed by atoms with Crippen molar-refractivity contribution in [1.29, 1.82) is 0 Å². The number of allylic oxidation sites excluding steroid dienone is 1. The second-order valence-corrected chi connectivity index (χ2v) is 7.71. The van der Waals surface area contributed by atoms with E-state index >= 15 is 0 Å². The first-order valence-corrected chi connectivity index (χ1v) is 9.04. The molecule has 25 heavy (non-hydrogen) atoms. The van der Waals surface area contributed by atoms with E-state index in [9.17, 15) is 15.0 Å². The highest BCUT2D eigenvalue weighted by molar-refractivity contribution is 5.87. The van der Waals surface area contributed by atoms with Gasteiger partial charge in [0.05, 0.1) is 19.0 Å². The molecule has 5 atom stereocenters. The molecule has 0 aromatic carbocycles. The van der Waals surface area contributed by atoms with E-state index in [1.165, 1.54) is 0 Å². The molecule has 0 aliphatic heterocycles. The molecule has 1 heterocycles. The summed E-state index contributed by atoms with van der Waals surface area (Å²) in [5, 5.41) is 21.3. The van der Waals surface area contributed by atoms with Crippen molar-refractivity contribution in [3.63, 3.8) is 0 Å². The molecule has 5 nitrogen and oxygen atoms in total. The van der Waals surface area contributed by atoms with E-state index in [-0.39, 0.29) is 24.4 Å². The van der Waals surface area contributed by atoms with Crippen molar-refractivity contribution in [2.45, 2.75) is 59.2 Å². The van der Waals surface area contributed by atoms with Gasteiger partial charge in [-0.1, -0.05) is 13.0 Å². The van der Waals surface area contributed by atoms with Crippen LogP contribution in [0.5, 0.6) is 0 Å². The van der Waals surface area contributed by atoms with E-state index in [0.29, 0.717) is 12.0 Å². The highest BCUT2D eigenvalue weighted by atomic mass is 16.5. The van der Waals surface area contributed by atoms with Crippen LogP contribution >= 0.6 is 0 Å². The van der Waals surface area contributed by atoms with Crippen LogP contribution in [0.25, 0.3) is 0 Å². The smallest absolute Gasteiger partial charge is 0.333 e. The van der Waals surface area contributed by atoms with E-state index in [1.807, 2.05) is 13.8 Å². The number of ether oxygens (including phenoxy) is 1. The first kappa shape index (κ1) is 18.2. The Kier molecular flexibility index (Phi) is 4.82. The third kappa shape index (κ3) is 2.74. The lowest BCUT2D eigenvalue weighted by Crippen LogP contribution is -2.54. The fourth-order valence-corrected chi connectivity index (χ4v) is 4.70. The van der Waals surface area contributed by atoms with E-state index in [4.69, 9.17) is 9.15 Å². The van der Waals surface area contributed by atoms with Crippen LogP contribution in [0.2, 0.25) is 0 Å². The topological polar surface area (TPSA) is 79.9 Å². The summed E-state index contributed by atoms with van der Waals surface area (Å²) in [4.78, 5) is 12.2. The zero-order valence-electron chi connectivity index (χ0n) is 15.4. The fourth-order valence-electron chi connectivity index (χ4n) is 4.70. The van der Waals surface area contributed by atoms with Gasteiger partial charge in [0.1, 0.15) is 11.9 Å². The van der Waals surface area contributed by atoms with Crippen LogP contribution < -0.4 is 0 Å². The van der Waals surface area contributed by atoms with E-state index in [0.717, 1.165) is 29.7 Å². The molecule has 1 aromatic heterocycles. The van der Waals surface area contributed by atoms with E-state index < -0.39 is 17.6 Å². The number of furan rings is 1. The molecule has 1 saturated carbocycles. The highest BCUT2D eigenvalue weighted by Crippen LogP contribution is 2.58. The predicted octanol–water partition coefficient (Wildman–Crippen LogP) is 3.08. The predicted molar refractivity (Wildman–Crippen MR) is 92.8 cm³/mol. The van der Waals surface area contributed by atoms with Crippen molar-refractivity contribution in [3.05, 3.63) is 34.8 Å². The van der Waals surface area contributed by atoms with Crippen molar-refractivity contribution >= 4 is 5.97 Å². The standard InChI is InChI=1S/C20H28O5/c1-5-11(2)19(23)25-15-7-6-13-8-16-17(12(3)10-24-16)18(22)20(13,4)14(15)9-21/h5,10,13-15,18,21-22H,6-9H2,1-4H3/t13-,14+,15+,18-,20+/m1/s1. The number of hydrogen-bond donors (Lipinski definition) is 2. The molecule has 138 valence electrons. The van der Waals surface area contributed by atoms with E-state index in [1.54, 1.807) is 26.2 Å². The maximum absolute atomic E-state index is 12.2. The second-order valence-electron chi connectivity index (χ2n) is 7.71. The minimum Gasteiger partial charge on any atom is -0.469 e. The Bertz CT molecular complexity index is 688. The van der Waals surface area contributed by atoms with Crippen LogP contribution in [0.4, 0.5) is 0 Å². The molecule has 2 N–H and O–H groups in total. The van der Waals surface area contributed by atoms with Crippen LogP contribution in [0.15, 0.2) is 22.3 Å². The third-order valence-electron chi connectivity index (χ3n) is 6.53. The minimum atomic E-state index is -0.735. The second kappa shape index (κ2) is 6.61. The molecule has 3 rings (SSSR count). The van der Waals surface area contributed by atoms with Gasteiger partial charge in [0, 0.05) is 28.9 Å². The normalized spacial score (nSPS) is 35.0. The number of esters is 1. The van der Waals surface area contributed by atoms with Crippen molar-refractivity contribution in [2.24, 2.45) is 17.3 Å². The molecule has 0 bridgehead atoms. The summed E-state index contributed by atoms with van der Waals surface area (Å²) in [5.74, 6) is 0.385. The Morgan fingerprint density at radius 3 is 2.84 bits per heavy atom. The molecule has 2 aliphatic carbocycles. The summed E-state index contributed by atoms with van der Waals surface area (Å²) in [7, 11) is 0. The first-order chi connectivity index (χ1) is 11.8. The van der Waals surface area contributed by atoms with Gasteiger partial charge in [-0.25, -0.2) is 4.79 Å². The quantitative estimate of drug-likeness (QED) is 0.648. The first-order valence-electron chi connectivity index (χ1n) is 9.04. The van der Waals surface area contributed by atoms with Crippen molar-refractivity contribution in [1.82, 2.24) is 0 Å². The van der Waals surface area contributed by atoms with Gasteiger partial charge in [-0.05, 0) is 45.1 Å². The molecule has 1 fully saturated rings. The van der Waals surface area contributed by atoms with Gasteiger partial charge in [-0.2, -0.15) is 0 Å². The van der Waals surface area contributed by atoms with Crippen LogP contribution in [-0.4, -0.2) is 28.9 Å². The molecular weight excluding hydrogens is 320 g/mol. The summed E-state index contributed by atoms with van der Waals surface area (Å²) < 4.78 is 11.4. The summed E-state index contributed by atoms with van der Waals surface area (Å²) in [6, 6.07) is 0. The van der Waals surface area contributed by atoms with Crippen LogP contribution in [0, 0.1) is 24.2 Å². The Labute approximate surface area is 148 Å². The molecule has 0 unspecified atom stereocenters. The van der Waals surface area contributed by atoms with Crippen molar-refractivity contribution < 1.29 is 24.2 Å². The largest absolute Gasteiger partial charge is 0.469 e. The van der Waals surface area contributed by atoms with Crippen molar-refractivity contribution in [3.8, 4) is 0 Å². The Hall–Kier alpha value is -1.59. The number of fused-ring (bicyclic) bond motifs is 2.